The van der Waals surface area contributed by atoms with Crippen molar-refractivity contribution < 1.29 is 36.1 Å². The number of aliphatic hydroxyl groups excluding tert-OH is 2. The normalized spacial score (nSPS) is 6.40. The molecule has 5 heteroatoms. The van der Waals surface area contributed by atoms with Gasteiger partial charge in [-0.25, -0.2) is 0 Å². The quantitative estimate of drug-likeness (QED) is 0.713. The van der Waals surface area contributed by atoms with Gasteiger partial charge in [-0.05, 0) is 13.8 Å². The van der Waals surface area contributed by atoms with Crippen molar-refractivity contribution in [1.82, 2.24) is 0 Å². The Morgan fingerprint density at radius 1 is 0.733 bits per heavy atom. The molecule has 0 saturated heterocycles. The van der Waals surface area contributed by atoms with E-state index in [9.17, 15) is 0 Å². The maximum atomic E-state index is 7.57. The number of nitrogens with zero attached hydrogens (tertiary/aromatic N) is 2. The topological polar surface area (TPSA) is 68.7 Å². The molecule has 96 valence electrons. The van der Waals surface area contributed by atoms with Crippen LogP contribution in [0.2, 0.25) is 0 Å². The van der Waals surface area contributed by atoms with Gasteiger partial charge in [0, 0.05) is 39.1 Å². The maximum absolute atomic E-state index is 7.57. The van der Waals surface area contributed by atoms with Crippen LogP contribution < -0.4 is 0 Å². The molecule has 0 atom stereocenters. The van der Waals surface area contributed by atoms with Crippen LogP contribution in [0, 0.1) is 0 Å². The molecule has 0 saturated carbocycles. The molecule has 0 spiro atoms. The SMILES string of the molecule is CCO.CCO.CC[N-]C.CC[N-]C.[Hf]. The van der Waals surface area contributed by atoms with Gasteiger partial charge in [0.15, 0.2) is 0 Å². The van der Waals surface area contributed by atoms with Gasteiger partial charge in [0.1, 0.15) is 0 Å². The van der Waals surface area contributed by atoms with Crippen LogP contribution in [0.15, 0.2) is 0 Å². The summed E-state index contributed by atoms with van der Waals surface area (Å²) in [7, 11) is 3.61. The minimum atomic E-state index is 0. The van der Waals surface area contributed by atoms with Crippen molar-refractivity contribution in [2.75, 3.05) is 40.4 Å². The Hall–Kier alpha value is 0.710. The molecule has 4 nitrogen and oxygen atoms in total. The molecule has 0 bridgehead atoms. The first-order chi connectivity index (χ1) is 6.66. The predicted octanol–water partition coefficient (Wildman–Crippen LogP) is 2.01. The van der Waals surface area contributed by atoms with Crippen molar-refractivity contribution in [2.24, 2.45) is 0 Å². The molecule has 0 rings (SSSR count). The summed E-state index contributed by atoms with van der Waals surface area (Å²) in [4.78, 5) is 0. The molecule has 0 aromatic heterocycles. The van der Waals surface area contributed by atoms with Gasteiger partial charge >= 0.3 is 0 Å². The monoisotopic (exact) mass is 388 g/mol. The Bertz CT molecular complexity index is 42.4. The Kier molecular flexibility index (Phi) is 121. The summed E-state index contributed by atoms with van der Waals surface area (Å²) in [5, 5.41) is 22.6. The van der Waals surface area contributed by atoms with Crippen molar-refractivity contribution in [3.63, 3.8) is 0 Å². The van der Waals surface area contributed by atoms with E-state index in [1.165, 1.54) is 0 Å². The second kappa shape index (κ2) is 61.4. The van der Waals surface area contributed by atoms with Crippen molar-refractivity contribution in [2.45, 2.75) is 27.7 Å². The van der Waals surface area contributed by atoms with Crippen LogP contribution >= 0.6 is 0 Å². The van der Waals surface area contributed by atoms with Gasteiger partial charge < -0.3 is 20.8 Å². The fourth-order valence-corrected chi connectivity index (χ4v) is 0. The van der Waals surface area contributed by atoms with E-state index in [0.717, 1.165) is 13.1 Å². The summed E-state index contributed by atoms with van der Waals surface area (Å²) >= 11 is 0. The molecular formula is C10H28HfN2O2-2. The van der Waals surface area contributed by atoms with Crippen LogP contribution in [0.5, 0.6) is 0 Å². The fraction of sp³-hybridized carbons (Fsp3) is 1.00. The third-order valence-electron chi connectivity index (χ3n) is 0.632. The Morgan fingerprint density at radius 2 is 0.800 bits per heavy atom. The maximum Gasteiger partial charge on any atom is 0.0402 e. The molecule has 0 aromatic rings. The van der Waals surface area contributed by atoms with Crippen molar-refractivity contribution in [3.05, 3.63) is 10.6 Å². The Balaban J connectivity index is -0.0000000293. The van der Waals surface area contributed by atoms with Gasteiger partial charge in [-0.2, -0.15) is 27.2 Å². The first-order valence-corrected chi connectivity index (χ1v) is 4.99. The van der Waals surface area contributed by atoms with Gasteiger partial charge in [-0.15, -0.1) is 0 Å². The standard InChI is InChI=1S/2C3H8N.2C2H6O.Hf/c2*1-3-4-2;2*1-2-3;/h2*3H2,1-2H3;2*3H,2H2,1H3;/q2*-1;;;. The molecule has 0 aliphatic carbocycles. The molecule has 0 heterocycles. The predicted molar refractivity (Wildman–Crippen MR) is 65.2 cm³/mol. The molecule has 0 radical (unpaired) electrons. The largest absolute Gasteiger partial charge is 0.665 e. The summed E-state index contributed by atoms with van der Waals surface area (Å²) in [5.74, 6) is 0. The molecule has 0 unspecified atom stereocenters. The average Bonchev–Trinajstić information content (AvgIpc) is 2.20. The van der Waals surface area contributed by atoms with Crippen molar-refractivity contribution >= 4 is 0 Å². The van der Waals surface area contributed by atoms with E-state index >= 15 is 0 Å². The van der Waals surface area contributed by atoms with E-state index < -0.39 is 0 Å². The Labute approximate surface area is 115 Å². The van der Waals surface area contributed by atoms with Crippen LogP contribution in [0.4, 0.5) is 0 Å². The van der Waals surface area contributed by atoms with Gasteiger partial charge in [0.05, 0.1) is 0 Å². The van der Waals surface area contributed by atoms with Crippen LogP contribution in [0.25, 0.3) is 10.6 Å². The van der Waals surface area contributed by atoms with Crippen LogP contribution in [0.3, 0.4) is 0 Å². The van der Waals surface area contributed by atoms with E-state index in [2.05, 4.69) is 10.6 Å². The summed E-state index contributed by atoms with van der Waals surface area (Å²) in [6.45, 7) is 9.78. The molecule has 0 aliphatic heterocycles. The smallest absolute Gasteiger partial charge is 0.0402 e. The summed E-state index contributed by atoms with van der Waals surface area (Å²) < 4.78 is 0. The van der Waals surface area contributed by atoms with E-state index in [-0.39, 0.29) is 39.1 Å². The van der Waals surface area contributed by atoms with Crippen LogP contribution in [-0.4, -0.2) is 50.6 Å². The fourth-order valence-electron chi connectivity index (χ4n) is 0. The average molecular weight is 387 g/mol. The number of rotatable bonds is 2. The second-order valence-corrected chi connectivity index (χ2v) is 1.90. The molecule has 0 amide bonds. The van der Waals surface area contributed by atoms with Crippen molar-refractivity contribution in [3.8, 4) is 0 Å². The van der Waals surface area contributed by atoms with E-state index in [0.29, 0.717) is 0 Å². The van der Waals surface area contributed by atoms with Gasteiger partial charge in [0.2, 0.25) is 0 Å². The third kappa shape index (κ3) is 324. The zero-order valence-electron chi connectivity index (χ0n) is 11.1. The van der Waals surface area contributed by atoms with E-state index in [1.807, 2.05) is 13.8 Å². The summed E-state index contributed by atoms with van der Waals surface area (Å²) in [6, 6.07) is 0. The molecule has 0 fully saturated rings. The zero-order valence-corrected chi connectivity index (χ0v) is 14.7. The number of hydrogen-bond acceptors (Lipinski definition) is 2. The minimum absolute atomic E-state index is 0. The third-order valence-corrected chi connectivity index (χ3v) is 0.632. The van der Waals surface area contributed by atoms with Gasteiger partial charge in [-0.1, -0.05) is 13.8 Å². The van der Waals surface area contributed by atoms with E-state index in [4.69, 9.17) is 10.2 Å². The number of hydrogen-bond donors (Lipinski definition) is 2. The zero-order chi connectivity index (χ0) is 12.2. The van der Waals surface area contributed by atoms with Crippen LogP contribution in [0.1, 0.15) is 27.7 Å². The first kappa shape index (κ1) is 29.6. The van der Waals surface area contributed by atoms with Crippen LogP contribution in [-0.2, 0) is 25.8 Å². The van der Waals surface area contributed by atoms with E-state index in [1.54, 1.807) is 27.9 Å². The summed E-state index contributed by atoms with van der Waals surface area (Å²) in [6.07, 6.45) is 0. The molecular weight excluding hydrogens is 359 g/mol. The molecule has 0 aliphatic rings. The number of aliphatic hydroxyl groups is 2. The van der Waals surface area contributed by atoms with Gasteiger partial charge in [0.25, 0.3) is 0 Å². The first-order valence-electron chi connectivity index (χ1n) is 4.99. The minimum Gasteiger partial charge on any atom is -0.665 e. The van der Waals surface area contributed by atoms with Gasteiger partial charge in [-0.3, -0.25) is 0 Å². The molecule has 0 aromatic carbocycles. The molecule has 2 N–H and O–H groups in total. The summed E-state index contributed by atoms with van der Waals surface area (Å²) in [5.41, 5.74) is 0. The Morgan fingerprint density at radius 3 is 0.800 bits per heavy atom. The molecule has 15 heavy (non-hydrogen) atoms. The van der Waals surface area contributed by atoms with Crippen molar-refractivity contribution in [1.29, 1.82) is 0 Å². The second-order valence-electron chi connectivity index (χ2n) is 1.90.